The van der Waals surface area contributed by atoms with Crippen molar-refractivity contribution in [3.63, 3.8) is 0 Å². The summed E-state index contributed by atoms with van der Waals surface area (Å²) in [4.78, 5) is 2.38. The van der Waals surface area contributed by atoms with Gasteiger partial charge in [-0.3, -0.25) is 0 Å². The van der Waals surface area contributed by atoms with Gasteiger partial charge in [0.25, 0.3) is 0 Å². The zero-order valence-electron chi connectivity index (χ0n) is 12.5. The molecule has 1 aliphatic heterocycles. The lowest BCUT2D eigenvalue weighted by atomic mass is 10.1. The van der Waals surface area contributed by atoms with Crippen LogP contribution in [0.1, 0.15) is 24.8 Å². The lowest BCUT2D eigenvalue weighted by Crippen LogP contribution is -2.29. The zero-order chi connectivity index (χ0) is 15.4. The topological polar surface area (TPSA) is 15.3 Å². The second kappa shape index (κ2) is 7.26. The number of benzene rings is 2. The van der Waals surface area contributed by atoms with Gasteiger partial charge >= 0.3 is 0 Å². The third-order valence-corrected chi connectivity index (χ3v) is 4.61. The standard InChI is InChI=1S/C18H20Cl2N2/c19-15-6-4-14(5-7-15)13-21-16-8-9-18(17(20)12-16)22-10-2-1-3-11-22/h4-9,12,21H,1-3,10-11,13H2. The third-order valence-electron chi connectivity index (χ3n) is 4.05. The average Bonchev–Trinajstić information content (AvgIpc) is 2.55. The van der Waals surface area contributed by atoms with E-state index >= 15 is 0 Å². The van der Waals surface area contributed by atoms with Gasteiger partial charge in [-0.15, -0.1) is 0 Å². The molecule has 1 N–H and O–H groups in total. The third kappa shape index (κ3) is 3.88. The first-order chi connectivity index (χ1) is 10.7. The Kier molecular flexibility index (Phi) is 5.12. The molecule has 2 nitrogen and oxygen atoms in total. The van der Waals surface area contributed by atoms with Gasteiger partial charge < -0.3 is 10.2 Å². The summed E-state index contributed by atoms with van der Waals surface area (Å²) in [6.45, 7) is 2.98. The van der Waals surface area contributed by atoms with E-state index in [1.807, 2.05) is 30.3 Å². The van der Waals surface area contributed by atoms with Crippen LogP contribution in [0.2, 0.25) is 10.0 Å². The van der Waals surface area contributed by atoms with Gasteiger partial charge in [0.05, 0.1) is 10.7 Å². The molecule has 1 heterocycles. The minimum atomic E-state index is 0.760. The molecule has 1 fully saturated rings. The largest absolute Gasteiger partial charge is 0.381 e. The molecule has 0 atom stereocenters. The molecule has 0 spiro atoms. The van der Waals surface area contributed by atoms with Crippen molar-refractivity contribution in [1.82, 2.24) is 0 Å². The number of piperidine rings is 1. The summed E-state index contributed by atoms with van der Waals surface area (Å²) in [6, 6.07) is 14.1. The molecule has 2 aromatic rings. The van der Waals surface area contributed by atoms with Gasteiger partial charge in [-0.05, 0) is 55.2 Å². The van der Waals surface area contributed by atoms with E-state index < -0.39 is 0 Å². The summed E-state index contributed by atoms with van der Waals surface area (Å²) in [7, 11) is 0. The first-order valence-corrected chi connectivity index (χ1v) is 8.51. The first-order valence-electron chi connectivity index (χ1n) is 7.75. The number of rotatable bonds is 4. The maximum Gasteiger partial charge on any atom is 0.0660 e. The van der Waals surface area contributed by atoms with E-state index in [1.165, 1.54) is 24.8 Å². The number of halogens is 2. The molecule has 0 radical (unpaired) electrons. The quantitative estimate of drug-likeness (QED) is 0.783. The van der Waals surface area contributed by atoms with E-state index in [9.17, 15) is 0 Å². The Labute approximate surface area is 142 Å². The van der Waals surface area contributed by atoms with Crippen molar-refractivity contribution in [1.29, 1.82) is 0 Å². The molecule has 0 aliphatic carbocycles. The Bertz CT molecular complexity index is 619. The van der Waals surface area contributed by atoms with Crippen LogP contribution in [0.25, 0.3) is 0 Å². The van der Waals surface area contributed by atoms with Crippen molar-refractivity contribution in [3.8, 4) is 0 Å². The highest BCUT2D eigenvalue weighted by Gasteiger charge is 2.13. The van der Waals surface area contributed by atoms with Crippen LogP contribution in [0.15, 0.2) is 42.5 Å². The predicted octanol–water partition coefficient (Wildman–Crippen LogP) is 5.60. The second-order valence-electron chi connectivity index (χ2n) is 5.69. The van der Waals surface area contributed by atoms with Crippen LogP contribution in [0.4, 0.5) is 11.4 Å². The lowest BCUT2D eigenvalue weighted by molar-refractivity contribution is 0.578. The molecule has 116 valence electrons. The van der Waals surface area contributed by atoms with Gasteiger partial charge in [-0.1, -0.05) is 35.3 Å². The van der Waals surface area contributed by atoms with Crippen LogP contribution in [-0.4, -0.2) is 13.1 Å². The van der Waals surface area contributed by atoms with Gasteiger partial charge in [-0.25, -0.2) is 0 Å². The van der Waals surface area contributed by atoms with Crippen molar-refractivity contribution >= 4 is 34.6 Å². The minimum Gasteiger partial charge on any atom is -0.381 e. The highest BCUT2D eigenvalue weighted by molar-refractivity contribution is 6.33. The molecule has 4 heteroatoms. The summed E-state index contributed by atoms with van der Waals surface area (Å²) in [5.41, 5.74) is 3.39. The van der Waals surface area contributed by atoms with Crippen molar-refractivity contribution in [2.24, 2.45) is 0 Å². The summed E-state index contributed by atoms with van der Waals surface area (Å²) in [5.74, 6) is 0. The van der Waals surface area contributed by atoms with E-state index in [-0.39, 0.29) is 0 Å². The van der Waals surface area contributed by atoms with Crippen LogP contribution >= 0.6 is 23.2 Å². The smallest absolute Gasteiger partial charge is 0.0660 e. The van der Waals surface area contributed by atoms with E-state index in [2.05, 4.69) is 22.3 Å². The normalized spacial score (nSPS) is 14.9. The van der Waals surface area contributed by atoms with E-state index in [1.54, 1.807) is 0 Å². The maximum absolute atomic E-state index is 6.47. The molecule has 3 rings (SSSR count). The van der Waals surface area contributed by atoms with Crippen LogP contribution in [0, 0.1) is 0 Å². The van der Waals surface area contributed by atoms with Crippen molar-refractivity contribution < 1.29 is 0 Å². The molecule has 1 aliphatic rings. The SMILES string of the molecule is Clc1ccc(CNc2ccc(N3CCCCC3)c(Cl)c2)cc1. The monoisotopic (exact) mass is 334 g/mol. The highest BCUT2D eigenvalue weighted by atomic mass is 35.5. The maximum atomic E-state index is 6.47. The van der Waals surface area contributed by atoms with Crippen LogP contribution < -0.4 is 10.2 Å². The van der Waals surface area contributed by atoms with Gasteiger partial charge in [-0.2, -0.15) is 0 Å². The minimum absolute atomic E-state index is 0.760. The number of hydrogen-bond acceptors (Lipinski definition) is 2. The van der Waals surface area contributed by atoms with E-state index in [4.69, 9.17) is 23.2 Å². The van der Waals surface area contributed by atoms with Gasteiger partial charge in [0.1, 0.15) is 0 Å². The average molecular weight is 335 g/mol. The fraction of sp³-hybridized carbons (Fsp3) is 0.333. The predicted molar refractivity (Wildman–Crippen MR) is 96.3 cm³/mol. The summed E-state index contributed by atoms with van der Waals surface area (Å²) in [6.07, 6.45) is 3.84. The Balaban J connectivity index is 1.65. The summed E-state index contributed by atoms with van der Waals surface area (Å²) < 4.78 is 0. The summed E-state index contributed by atoms with van der Waals surface area (Å²) >= 11 is 12.4. The molecule has 0 saturated carbocycles. The number of nitrogens with zero attached hydrogens (tertiary/aromatic N) is 1. The number of hydrogen-bond donors (Lipinski definition) is 1. The number of anilines is 2. The van der Waals surface area contributed by atoms with Gasteiger partial charge in [0, 0.05) is 30.3 Å². The zero-order valence-corrected chi connectivity index (χ0v) is 14.0. The lowest BCUT2D eigenvalue weighted by Gasteiger charge is -2.29. The molecule has 0 aromatic heterocycles. The molecule has 2 aromatic carbocycles. The highest BCUT2D eigenvalue weighted by Crippen LogP contribution is 2.31. The molecule has 0 amide bonds. The van der Waals surface area contributed by atoms with Crippen LogP contribution in [0.3, 0.4) is 0 Å². The first kappa shape index (κ1) is 15.5. The summed E-state index contributed by atoms with van der Waals surface area (Å²) in [5, 5.41) is 4.99. The Morgan fingerprint density at radius 2 is 1.64 bits per heavy atom. The van der Waals surface area contributed by atoms with Gasteiger partial charge in [0.2, 0.25) is 0 Å². The number of nitrogens with one attached hydrogen (secondary N) is 1. The fourth-order valence-electron chi connectivity index (χ4n) is 2.81. The molecule has 0 unspecified atom stereocenters. The Morgan fingerprint density at radius 1 is 0.909 bits per heavy atom. The molecule has 1 saturated heterocycles. The van der Waals surface area contributed by atoms with Crippen LogP contribution in [0.5, 0.6) is 0 Å². The molecular formula is C18H20Cl2N2. The molecular weight excluding hydrogens is 315 g/mol. The molecule has 0 bridgehead atoms. The molecule has 22 heavy (non-hydrogen) atoms. The van der Waals surface area contributed by atoms with Crippen molar-refractivity contribution in [2.45, 2.75) is 25.8 Å². The van der Waals surface area contributed by atoms with Crippen molar-refractivity contribution in [2.75, 3.05) is 23.3 Å². The fourth-order valence-corrected chi connectivity index (χ4v) is 3.24. The van der Waals surface area contributed by atoms with Gasteiger partial charge in [0.15, 0.2) is 0 Å². The van der Waals surface area contributed by atoms with Crippen LogP contribution in [-0.2, 0) is 6.54 Å². The van der Waals surface area contributed by atoms with Crippen molar-refractivity contribution in [3.05, 3.63) is 58.1 Å². The Morgan fingerprint density at radius 3 is 2.32 bits per heavy atom. The second-order valence-corrected chi connectivity index (χ2v) is 6.54. The Hall–Kier alpha value is -1.38. The van der Waals surface area contributed by atoms with E-state index in [0.29, 0.717) is 0 Å². The van der Waals surface area contributed by atoms with E-state index in [0.717, 1.165) is 41.1 Å².